The van der Waals surface area contributed by atoms with Crippen LogP contribution in [0.5, 0.6) is 11.5 Å². The number of carbonyl (C=O) groups excluding carboxylic acids is 1. The Morgan fingerprint density at radius 1 is 1.28 bits per heavy atom. The number of hydrogen-bond acceptors (Lipinski definition) is 4. The number of hydrogen-bond donors (Lipinski definition) is 1. The van der Waals surface area contributed by atoms with Gasteiger partial charge in [-0.25, -0.2) is 0 Å². The van der Waals surface area contributed by atoms with Gasteiger partial charge in [-0.15, -0.1) is 0 Å². The largest absolute Gasteiger partial charge is 0.493 e. The van der Waals surface area contributed by atoms with E-state index < -0.39 is 0 Å². The molecule has 100 valence electrons. The van der Waals surface area contributed by atoms with Crippen LogP contribution in [-0.2, 0) is 11.2 Å². The van der Waals surface area contributed by atoms with Gasteiger partial charge in [0.15, 0.2) is 11.5 Å². The van der Waals surface area contributed by atoms with Gasteiger partial charge in [0.1, 0.15) is 0 Å². The molecule has 0 aliphatic rings. The van der Waals surface area contributed by atoms with Crippen molar-refractivity contribution in [1.29, 1.82) is 0 Å². The van der Waals surface area contributed by atoms with Gasteiger partial charge >= 0.3 is 0 Å². The predicted molar refractivity (Wildman–Crippen MR) is 69.9 cm³/mol. The van der Waals surface area contributed by atoms with E-state index in [2.05, 4.69) is 0 Å². The minimum Gasteiger partial charge on any atom is -0.493 e. The zero-order valence-corrected chi connectivity index (χ0v) is 11.1. The Bertz CT molecular complexity index is 407. The number of nitrogens with zero attached hydrogens (tertiary/aromatic N) is 1. The summed E-state index contributed by atoms with van der Waals surface area (Å²) in [6.07, 6.45) is 0.330. The van der Waals surface area contributed by atoms with E-state index in [-0.39, 0.29) is 5.91 Å². The molecule has 5 heteroatoms. The lowest BCUT2D eigenvalue weighted by Gasteiger charge is -2.16. The number of methoxy groups -OCH3 is 2. The number of carbonyl (C=O) groups is 1. The lowest BCUT2D eigenvalue weighted by Crippen LogP contribution is -2.32. The summed E-state index contributed by atoms with van der Waals surface area (Å²) in [4.78, 5) is 13.5. The molecule has 0 heterocycles. The number of nitrogens with two attached hydrogens (primary N) is 1. The van der Waals surface area contributed by atoms with Crippen molar-refractivity contribution in [3.05, 3.63) is 23.8 Å². The summed E-state index contributed by atoms with van der Waals surface area (Å²) in [5.41, 5.74) is 6.30. The van der Waals surface area contributed by atoms with Crippen LogP contribution in [0.3, 0.4) is 0 Å². The van der Waals surface area contributed by atoms with E-state index in [1.165, 1.54) is 0 Å². The maximum absolute atomic E-state index is 11.9. The van der Waals surface area contributed by atoms with Gasteiger partial charge in [-0.05, 0) is 17.7 Å². The first kappa shape index (κ1) is 14.3. The average Bonchev–Trinajstić information content (AvgIpc) is 2.38. The van der Waals surface area contributed by atoms with Gasteiger partial charge in [0, 0.05) is 20.1 Å². The number of rotatable bonds is 6. The van der Waals surface area contributed by atoms with Crippen molar-refractivity contribution in [3.8, 4) is 11.5 Å². The van der Waals surface area contributed by atoms with E-state index in [1.54, 1.807) is 32.2 Å². The highest BCUT2D eigenvalue weighted by molar-refractivity contribution is 5.78. The molecule has 0 fully saturated rings. The van der Waals surface area contributed by atoms with Crippen LogP contribution >= 0.6 is 0 Å². The standard InChI is InChI=1S/C13H20N2O3/c1-15(7-6-14)13(16)9-10-4-5-11(17-2)12(8-10)18-3/h4-5,8H,6-7,9,14H2,1-3H3. The molecule has 5 nitrogen and oxygen atoms in total. The Morgan fingerprint density at radius 3 is 2.50 bits per heavy atom. The molecule has 0 aromatic heterocycles. The Balaban J connectivity index is 2.76. The predicted octanol–water partition coefficient (Wildman–Crippen LogP) is 0.663. The number of amides is 1. The molecule has 1 rings (SSSR count). The summed E-state index contributed by atoms with van der Waals surface area (Å²) in [6.45, 7) is 1.03. The van der Waals surface area contributed by atoms with Crippen LogP contribution in [0.25, 0.3) is 0 Å². The van der Waals surface area contributed by atoms with Crippen LogP contribution < -0.4 is 15.2 Å². The summed E-state index contributed by atoms with van der Waals surface area (Å²) in [5, 5.41) is 0. The molecule has 0 unspecified atom stereocenters. The molecular weight excluding hydrogens is 232 g/mol. The maximum Gasteiger partial charge on any atom is 0.226 e. The summed E-state index contributed by atoms with van der Waals surface area (Å²) < 4.78 is 10.3. The van der Waals surface area contributed by atoms with Gasteiger partial charge in [-0.2, -0.15) is 0 Å². The second kappa shape index (κ2) is 6.86. The first-order valence-electron chi connectivity index (χ1n) is 5.77. The Morgan fingerprint density at radius 2 is 1.94 bits per heavy atom. The molecule has 0 aliphatic carbocycles. The highest BCUT2D eigenvalue weighted by Crippen LogP contribution is 2.27. The molecule has 1 aromatic carbocycles. The van der Waals surface area contributed by atoms with E-state index in [1.807, 2.05) is 12.1 Å². The Hall–Kier alpha value is -1.75. The Labute approximate surface area is 107 Å². The molecule has 0 radical (unpaired) electrons. The third-order valence-corrected chi connectivity index (χ3v) is 2.69. The molecule has 18 heavy (non-hydrogen) atoms. The topological polar surface area (TPSA) is 64.8 Å². The van der Waals surface area contributed by atoms with E-state index in [0.717, 1.165) is 5.56 Å². The Kier molecular flexibility index (Phi) is 5.45. The van der Waals surface area contributed by atoms with E-state index in [0.29, 0.717) is 31.0 Å². The molecule has 0 spiro atoms. The van der Waals surface area contributed by atoms with Gasteiger partial charge in [0.05, 0.1) is 20.6 Å². The molecule has 2 N–H and O–H groups in total. The van der Waals surface area contributed by atoms with Crippen molar-refractivity contribution in [2.24, 2.45) is 5.73 Å². The fourth-order valence-corrected chi connectivity index (χ4v) is 1.62. The number of likely N-dealkylation sites (N-methyl/N-ethyl adjacent to an activating group) is 1. The molecular formula is C13H20N2O3. The second-order valence-corrected chi connectivity index (χ2v) is 3.97. The zero-order valence-electron chi connectivity index (χ0n) is 11.1. The van der Waals surface area contributed by atoms with E-state index in [4.69, 9.17) is 15.2 Å². The third-order valence-electron chi connectivity index (χ3n) is 2.69. The highest BCUT2D eigenvalue weighted by atomic mass is 16.5. The zero-order chi connectivity index (χ0) is 13.5. The van der Waals surface area contributed by atoms with Crippen LogP contribution in [0, 0.1) is 0 Å². The van der Waals surface area contributed by atoms with Crippen molar-refractivity contribution >= 4 is 5.91 Å². The van der Waals surface area contributed by atoms with Crippen molar-refractivity contribution in [2.75, 3.05) is 34.4 Å². The van der Waals surface area contributed by atoms with Gasteiger partial charge in [-0.3, -0.25) is 4.79 Å². The van der Waals surface area contributed by atoms with Crippen molar-refractivity contribution < 1.29 is 14.3 Å². The van der Waals surface area contributed by atoms with E-state index >= 15 is 0 Å². The molecule has 1 amide bonds. The van der Waals surface area contributed by atoms with Crippen LogP contribution in [0.2, 0.25) is 0 Å². The van der Waals surface area contributed by atoms with Gasteiger partial charge in [0.25, 0.3) is 0 Å². The summed E-state index contributed by atoms with van der Waals surface area (Å²) in [7, 11) is 4.90. The van der Waals surface area contributed by atoms with Gasteiger partial charge in [-0.1, -0.05) is 6.07 Å². The van der Waals surface area contributed by atoms with Crippen molar-refractivity contribution in [2.45, 2.75) is 6.42 Å². The minimum absolute atomic E-state index is 0.0349. The lowest BCUT2D eigenvalue weighted by atomic mass is 10.1. The average molecular weight is 252 g/mol. The number of benzene rings is 1. The minimum atomic E-state index is 0.0349. The summed E-state index contributed by atoms with van der Waals surface area (Å²) >= 11 is 0. The summed E-state index contributed by atoms with van der Waals surface area (Å²) in [5.74, 6) is 1.32. The highest BCUT2D eigenvalue weighted by Gasteiger charge is 2.11. The lowest BCUT2D eigenvalue weighted by molar-refractivity contribution is -0.129. The SMILES string of the molecule is COc1ccc(CC(=O)N(C)CCN)cc1OC. The van der Waals surface area contributed by atoms with Gasteiger partial charge in [0.2, 0.25) is 5.91 Å². The maximum atomic E-state index is 11.9. The van der Waals surface area contributed by atoms with Crippen LogP contribution in [-0.4, -0.2) is 45.2 Å². The molecule has 0 atom stereocenters. The summed E-state index contributed by atoms with van der Waals surface area (Å²) in [6, 6.07) is 5.47. The quantitative estimate of drug-likeness (QED) is 0.808. The van der Waals surface area contributed by atoms with Crippen molar-refractivity contribution in [1.82, 2.24) is 4.90 Å². The molecule has 1 aromatic rings. The van der Waals surface area contributed by atoms with Crippen LogP contribution in [0.15, 0.2) is 18.2 Å². The smallest absolute Gasteiger partial charge is 0.226 e. The second-order valence-electron chi connectivity index (χ2n) is 3.97. The normalized spacial score (nSPS) is 10.0. The number of ether oxygens (including phenoxy) is 2. The van der Waals surface area contributed by atoms with Gasteiger partial charge < -0.3 is 20.1 Å². The first-order valence-corrected chi connectivity index (χ1v) is 5.77. The molecule has 0 aliphatic heterocycles. The first-order chi connectivity index (χ1) is 8.62. The van der Waals surface area contributed by atoms with E-state index in [9.17, 15) is 4.79 Å². The van der Waals surface area contributed by atoms with Crippen molar-refractivity contribution in [3.63, 3.8) is 0 Å². The monoisotopic (exact) mass is 252 g/mol. The molecule has 0 saturated carbocycles. The fourth-order valence-electron chi connectivity index (χ4n) is 1.62. The molecule has 0 bridgehead atoms. The van der Waals surface area contributed by atoms with Crippen LogP contribution in [0.4, 0.5) is 0 Å². The third kappa shape index (κ3) is 3.63. The molecule has 0 saturated heterocycles. The fraction of sp³-hybridized carbons (Fsp3) is 0.462. The van der Waals surface area contributed by atoms with Crippen LogP contribution in [0.1, 0.15) is 5.56 Å².